The fraction of sp³-hybridized carbons (Fsp3) is 1.00. The van der Waals surface area contributed by atoms with Crippen molar-refractivity contribution in [3.8, 4) is 0 Å². The van der Waals surface area contributed by atoms with Gasteiger partial charge in [-0.15, -0.1) is 0 Å². The molecular formula is C14H29NS. The maximum atomic E-state index is 3.52. The van der Waals surface area contributed by atoms with Crippen molar-refractivity contribution in [3.63, 3.8) is 0 Å². The zero-order chi connectivity index (χ0) is 11.8. The van der Waals surface area contributed by atoms with Gasteiger partial charge in [-0.05, 0) is 49.9 Å². The molecule has 1 fully saturated rings. The molecule has 16 heavy (non-hydrogen) atoms. The highest BCUT2D eigenvalue weighted by molar-refractivity contribution is 7.99. The molecule has 1 N–H and O–H groups in total. The zero-order valence-corrected chi connectivity index (χ0v) is 12.1. The first kappa shape index (κ1) is 14.4. The van der Waals surface area contributed by atoms with Crippen LogP contribution < -0.4 is 5.32 Å². The molecule has 1 saturated carbocycles. The average molecular weight is 243 g/mol. The molecule has 2 unspecified atom stereocenters. The Balaban J connectivity index is 1.90. The Morgan fingerprint density at radius 1 is 1.31 bits per heavy atom. The molecule has 0 radical (unpaired) electrons. The highest BCUT2D eigenvalue weighted by Crippen LogP contribution is 2.31. The molecule has 0 aromatic rings. The summed E-state index contributed by atoms with van der Waals surface area (Å²) >= 11 is 2.22. The van der Waals surface area contributed by atoms with Gasteiger partial charge in [0.05, 0.1) is 0 Å². The molecule has 1 rings (SSSR count). The molecular weight excluding hydrogens is 214 g/mol. The lowest BCUT2D eigenvalue weighted by Gasteiger charge is -2.26. The average Bonchev–Trinajstić information content (AvgIpc) is 2.23. The Labute approximate surface area is 106 Å². The smallest absolute Gasteiger partial charge is 0.00495 e. The molecule has 1 nitrogen and oxygen atoms in total. The second-order valence-corrected chi connectivity index (χ2v) is 7.12. The van der Waals surface area contributed by atoms with Crippen LogP contribution in [0.4, 0.5) is 0 Å². The third kappa shape index (κ3) is 6.80. The van der Waals surface area contributed by atoms with Gasteiger partial charge in [0, 0.05) is 5.25 Å². The van der Waals surface area contributed by atoms with E-state index in [1.807, 2.05) is 0 Å². The van der Waals surface area contributed by atoms with Crippen LogP contribution >= 0.6 is 11.8 Å². The fourth-order valence-electron chi connectivity index (χ4n) is 2.37. The molecule has 96 valence electrons. The van der Waals surface area contributed by atoms with Gasteiger partial charge in [0.1, 0.15) is 0 Å². The van der Waals surface area contributed by atoms with Gasteiger partial charge in [-0.25, -0.2) is 0 Å². The van der Waals surface area contributed by atoms with Gasteiger partial charge in [0.2, 0.25) is 0 Å². The van der Waals surface area contributed by atoms with E-state index in [1.54, 1.807) is 0 Å². The van der Waals surface area contributed by atoms with Gasteiger partial charge in [0.25, 0.3) is 0 Å². The summed E-state index contributed by atoms with van der Waals surface area (Å²) in [5.41, 5.74) is 0. The van der Waals surface area contributed by atoms with E-state index in [-0.39, 0.29) is 0 Å². The Bertz CT molecular complexity index is 170. The van der Waals surface area contributed by atoms with Gasteiger partial charge in [-0.3, -0.25) is 0 Å². The van der Waals surface area contributed by atoms with Crippen molar-refractivity contribution in [1.82, 2.24) is 5.32 Å². The first-order valence-electron chi connectivity index (χ1n) is 7.00. The van der Waals surface area contributed by atoms with Crippen LogP contribution in [0, 0.1) is 11.8 Å². The first-order chi connectivity index (χ1) is 7.68. The lowest BCUT2D eigenvalue weighted by Crippen LogP contribution is -2.21. The van der Waals surface area contributed by atoms with Crippen molar-refractivity contribution in [3.05, 3.63) is 0 Å². The third-order valence-corrected chi connectivity index (χ3v) is 4.72. The molecule has 2 atom stereocenters. The summed E-state index contributed by atoms with van der Waals surface area (Å²) in [5.74, 6) is 3.11. The molecule has 0 aliphatic heterocycles. The summed E-state index contributed by atoms with van der Waals surface area (Å²) < 4.78 is 0. The van der Waals surface area contributed by atoms with E-state index in [0.29, 0.717) is 0 Å². The summed E-state index contributed by atoms with van der Waals surface area (Å²) in [6, 6.07) is 0. The van der Waals surface area contributed by atoms with Crippen LogP contribution in [0.2, 0.25) is 0 Å². The second-order valence-electron chi connectivity index (χ2n) is 5.72. The molecule has 1 aliphatic rings. The fourth-order valence-corrected chi connectivity index (χ4v) is 3.81. The minimum absolute atomic E-state index is 0.784. The molecule has 0 spiro atoms. The third-order valence-electron chi connectivity index (χ3n) is 3.29. The lowest BCUT2D eigenvalue weighted by molar-refractivity contribution is 0.394. The SMILES string of the molecule is CC(C)CNCCCSC1CCCC(C)C1. The van der Waals surface area contributed by atoms with E-state index < -0.39 is 0 Å². The van der Waals surface area contributed by atoms with Crippen LogP contribution in [0.15, 0.2) is 0 Å². The molecule has 0 aromatic heterocycles. The Morgan fingerprint density at radius 2 is 2.12 bits per heavy atom. The maximum absolute atomic E-state index is 3.52. The van der Waals surface area contributed by atoms with Crippen molar-refractivity contribution >= 4 is 11.8 Å². The van der Waals surface area contributed by atoms with E-state index in [9.17, 15) is 0 Å². The van der Waals surface area contributed by atoms with Crippen molar-refractivity contribution in [2.24, 2.45) is 11.8 Å². The molecule has 0 amide bonds. The Kier molecular flexibility index (Phi) is 7.55. The number of nitrogens with one attached hydrogen (secondary N) is 1. The summed E-state index contributed by atoms with van der Waals surface area (Å²) in [5, 5.41) is 4.48. The number of hydrogen-bond acceptors (Lipinski definition) is 2. The summed E-state index contributed by atoms with van der Waals surface area (Å²) in [7, 11) is 0. The number of rotatable bonds is 7. The van der Waals surface area contributed by atoms with Crippen molar-refractivity contribution in [1.29, 1.82) is 0 Å². The monoisotopic (exact) mass is 243 g/mol. The standard InChI is InChI=1S/C14H29NS/c1-12(2)11-15-8-5-9-16-14-7-4-6-13(3)10-14/h12-15H,4-11H2,1-3H3. The van der Waals surface area contributed by atoms with Crippen LogP contribution in [-0.4, -0.2) is 24.1 Å². The predicted octanol–water partition coefficient (Wildman–Crippen LogP) is 3.93. The molecule has 0 saturated heterocycles. The Morgan fingerprint density at radius 3 is 2.81 bits per heavy atom. The van der Waals surface area contributed by atoms with Gasteiger partial charge in [-0.2, -0.15) is 11.8 Å². The number of thioether (sulfide) groups is 1. The zero-order valence-electron chi connectivity index (χ0n) is 11.3. The second kappa shape index (κ2) is 8.41. The van der Waals surface area contributed by atoms with Crippen LogP contribution in [0.3, 0.4) is 0 Å². The van der Waals surface area contributed by atoms with E-state index in [4.69, 9.17) is 0 Å². The summed E-state index contributed by atoms with van der Waals surface area (Å²) in [6.45, 7) is 9.33. The topological polar surface area (TPSA) is 12.0 Å². The predicted molar refractivity (Wildman–Crippen MR) is 76.2 cm³/mol. The minimum atomic E-state index is 0.784. The highest BCUT2D eigenvalue weighted by atomic mass is 32.2. The lowest BCUT2D eigenvalue weighted by atomic mass is 9.91. The van der Waals surface area contributed by atoms with Crippen LogP contribution in [0.5, 0.6) is 0 Å². The summed E-state index contributed by atoms with van der Waals surface area (Å²) in [4.78, 5) is 0. The highest BCUT2D eigenvalue weighted by Gasteiger charge is 2.18. The first-order valence-corrected chi connectivity index (χ1v) is 8.05. The number of hydrogen-bond donors (Lipinski definition) is 1. The van der Waals surface area contributed by atoms with Crippen LogP contribution in [0.1, 0.15) is 52.9 Å². The molecule has 0 heterocycles. The van der Waals surface area contributed by atoms with Gasteiger partial charge in [-0.1, -0.05) is 33.6 Å². The van der Waals surface area contributed by atoms with E-state index in [1.165, 1.54) is 50.9 Å². The van der Waals surface area contributed by atoms with Gasteiger partial charge in [0.15, 0.2) is 0 Å². The van der Waals surface area contributed by atoms with E-state index in [0.717, 1.165) is 17.1 Å². The van der Waals surface area contributed by atoms with Crippen LogP contribution in [-0.2, 0) is 0 Å². The quantitative estimate of drug-likeness (QED) is 0.680. The molecule has 0 aromatic carbocycles. The minimum Gasteiger partial charge on any atom is -0.316 e. The maximum Gasteiger partial charge on any atom is 0.00495 e. The van der Waals surface area contributed by atoms with Crippen molar-refractivity contribution < 1.29 is 0 Å². The molecule has 2 heteroatoms. The molecule has 0 bridgehead atoms. The van der Waals surface area contributed by atoms with Crippen LogP contribution in [0.25, 0.3) is 0 Å². The van der Waals surface area contributed by atoms with E-state index >= 15 is 0 Å². The molecule has 1 aliphatic carbocycles. The van der Waals surface area contributed by atoms with Gasteiger partial charge >= 0.3 is 0 Å². The van der Waals surface area contributed by atoms with Crippen molar-refractivity contribution in [2.45, 2.75) is 58.1 Å². The summed E-state index contributed by atoms with van der Waals surface area (Å²) in [6.07, 6.45) is 7.19. The van der Waals surface area contributed by atoms with Gasteiger partial charge < -0.3 is 5.32 Å². The normalized spacial score (nSPS) is 26.2. The van der Waals surface area contributed by atoms with E-state index in [2.05, 4.69) is 37.8 Å². The largest absolute Gasteiger partial charge is 0.316 e. The Hall–Kier alpha value is 0.310. The van der Waals surface area contributed by atoms with Crippen molar-refractivity contribution in [2.75, 3.05) is 18.8 Å².